The molecule has 1 atom stereocenters. The van der Waals surface area contributed by atoms with E-state index in [0.29, 0.717) is 23.0 Å². The van der Waals surface area contributed by atoms with Gasteiger partial charge in [-0.15, -0.1) is 23.1 Å². The lowest BCUT2D eigenvalue weighted by Crippen LogP contribution is -2.24. The summed E-state index contributed by atoms with van der Waals surface area (Å²) in [6.07, 6.45) is 0.669. The molecule has 0 spiro atoms. The number of carbonyl (C=O) groups excluding carboxylic acids is 2. The van der Waals surface area contributed by atoms with Gasteiger partial charge in [-0.2, -0.15) is 0 Å². The summed E-state index contributed by atoms with van der Waals surface area (Å²) in [6, 6.07) is 16.6. The van der Waals surface area contributed by atoms with Crippen molar-refractivity contribution in [3.63, 3.8) is 0 Å². The van der Waals surface area contributed by atoms with Crippen LogP contribution in [-0.4, -0.2) is 28.7 Å². The number of benzene rings is 2. The van der Waals surface area contributed by atoms with Gasteiger partial charge >= 0.3 is 0 Å². The number of nitrogens with one attached hydrogen (secondary N) is 2. The molecule has 3 aromatic rings. The number of hydrogen-bond donors (Lipinski definition) is 2. The van der Waals surface area contributed by atoms with Gasteiger partial charge in [-0.1, -0.05) is 31.2 Å². The SMILES string of the molecule is CCC(Sc1cccc(NC(=O)COc2ccccc2)c1)C(=O)Nc1nc(C)cs1. The standard InChI is InChI=1S/C22H23N3O3S2/c1-3-19(21(27)25-22-23-15(2)14-29-22)30-18-11-7-8-16(12-18)24-20(26)13-28-17-9-5-4-6-10-17/h4-12,14,19H,3,13H2,1-2H3,(H,24,26)(H,23,25,27). The van der Waals surface area contributed by atoms with Gasteiger partial charge in [0.25, 0.3) is 5.91 Å². The van der Waals surface area contributed by atoms with Crippen LogP contribution in [0.15, 0.2) is 64.9 Å². The van der Waals surface area contributed by atoms with Gasteiger partial charge in [0.2, 0.25) is 5.91 Å². The van der Waals surface area contributed by atoms with Crippen molar-refractivity contribution in [2.45, 2.75) is 30.4 Å². The molecule has 0 saturated carbocycles. The zero-order chi connectivity index (χ0) is 21.3. The van der Waals surface area contributed by atoms with Crippen molar-refractivity contribution in [2.75, 3.05) is 17.2 Å². The summed E-state index contributed by atoms with van der Waals surface area (Å²) in [5.41, 5.74) is 1.54. The summed E-state index contributed by atoms with van der Waals surface area (Å²) in [7, 11) is 0. The Balaban J connectivity index is 1.55. The van der Waals surface area contributed by atoms with Gasteiger partial charge in [-0.25, -0.2) is 4.98 Å². The molecule has 2 N–H and O–H groups in total. The van der Waals surface area contributed by atoms with Crippen molar-refractivity contribution in [3.05, 3.63) is 65.7 Å². The molecule has 1 unspecified atom stereocenters. The molecule has 8 heteroatoms. The lowest BCUT2D eigenvalue weighted by Gasteiger charge is -2.14. The predicted molar refractivity (Wildman–Crippen MR) is 122 cm³/mol. The summed E-state index contributed by atoms with van der Waals surface area (Å²) in [5, 5.41) is 7.95. The van der Waals surface area contributed by atoms with Gasteiger partial charge in [0.15, 0.2) is 11.7 Å². The topological polar surface area (TPSA) is 80.3 Å². The molecule has 3 rings (SSSR count). The highest BCUT2D eigenvalue weighted by molar-refractivity contribution is 8.00. The maximum absolute atomic E-state index is 12.6. The van der Waals surface area contributed by atoms with Crippen LogP contribution in [0.1, 0.15) is 19.0 Å². The Kier molecular flexibility index (Phi) is 7.87. The minimum atomic E-state index is -0.262. The van der Waals surface area contributed by atoms with Crippen molar-refractivity contribution < 1.29 is 14.3 Å². The average molecular weight is 442 g/mol. The van der Waals surface area contributed by atoms with Gasteiger partial charge in [0.1, 0.15) is 5.75 Å². The fourth-order valence-electron chi connectivity index (χ4n) is 2.59. The molecular formula is C22H23N3O3S2. The van der Waals surface area contributed by atoms with Gasteiger partial charge < -0.3 is 15.4 Å². The largest absolute Gasteiger partial charge is 0.484 e. The maximum atomic E-state index is 12.6. The molecule has 0 radical (unpaired) electrons. The van der Waals surface area contributed by atoms with Crippen LogP contribution in [0.25, 0.3) is 0 Å². The van der Waals surface area contributed by atoms with E-state index in [-0.39, 0.29) is 23.7 Å². The fourth-order valence-corrected chi connectivity index (χ4v) is 4.30. The predicted octanol–water partition coefficient (Wildman–Crippen LogP) is 4.98. The minimum absolute atomic E-state index is 0.0748. The number of amides is 2. The van der Waals surface area contributed by atoms with Crippen molar-refractivity contribution in [1.82, 2.24) is 4.98 Å². The van der Waals surface area contributed by atoms with Gasteiger partial charge in [-0.3, -0.25) is 9.59 Å². The number of aryl methyl sites for hydroxylation is 1. The molecule has 2 amide bonds. The average Bonchev–Trinajstić information content (AvgIpc) is 3.16. The van der Waals surface area contributed by atoms with Crippen LogP contribution in [0, 0.1) is 6.92 Å². The maximum Gasteiger partial charge on any atom is 0.262 e. The minimum Gasteiger partial charge on any atom is -0.484 e. The Morgan fingerprint density at radius 2 is 1.93 bits per heavy atom. The molecule has 2 aromatic carbocycles. The van der Waals surface area contributed by atoms with E-state index in [4.69, 9.17) is 4.74 Å². The fraction of sp³-hybridized carbons (Fsp3) is 0.227. The number of hydrogen-bond acceptors (Lipinski definition) is 6. The Morgan fingerprint density at radius 1 is 1.13 bits per heavy atom. The quantitative estimate of drug-likeness (QED) is 0.458. The third-order valence-corrected chi connectivity index (χ3v) is 6.26. The number of thiazole rings is 1. The number of aromatic nitrogens is 1. The molecule has 0 fully saturated rings. The number of carbonyl (C=O) groups is 2. The molecule has 0 aliphatic carbocycles. The zero-order valence-electron chi connectivity index (χ0n) is 16.8. The van der Waals surface area contributed by atoms with Crippen LogP contribution in [-0.2, 0) is 9.59 Å². The number of para-hydroxylation sites is 1. The van der Waals surface area contributed by atoms with Crippen molar-refractivity contribution in [1.29, 1.82) is 0 Å². The Labute approximate surface area is 184 Å². The number of rotatable bonds is 9. The molecular weight excluding hydrogens is 418 g/mol. The number of ether oxygens (including phenoxy) is 1. The summed E-state index contributed by atoms with van der Waals surface area (Å²) in [6.45, 7) is 3.79. The molecule has 1 aromatic heterocycles. The normalized spacial score (nSPS) is 11.5. The molecule has 0 saturated heterocycles. The molecule has 0 aliphatic heterocycles. The van der Waals surface area contributed by atoms with Crippen LogP contribution < -0.4 is 15.4 Å². The van der Waals surface area contributed by atoms with Gasteiger partial charge in [-0.05, 0) is 43.7 Å². The summed E-state index contributed by atoms with van der Waals surface area (Å²) < 4.78 is 5.47. The third-order valence-electron chi connectivity index (χ3n) is 4.02. The molecule has 1 heterocycles. The Hall–Kier alpha value is -2.84. The third kappa shape index (κ3) is 6.60. The second-order valence-corrected chi connectivity index (χ2v) is 8.61. The molecule has 6 nitrogen and oxygen atoms in total. The first kappa shape index (κ1) is 21.9. The lowest BCUT2D eigenvalue weighted by atomic mass is 10.3. The highest BCUT2D eigenvalue weighted by Crippen LogP contribution is 2.29. The van der Waals surface area contributed by atoms with E-state index in [1.807, 2.05) is 61.7 Å². The Bertz CT molecular complexity index is 992. The summed E-state index contributed by atoms with van der Waals surface area (Å²) >= 11 is 2.87. The smallest absolute Gasteiger partial charge is 0.262 e. The summed E-state index contributed by atoms with van der Waals surface area (Å²) in [4.78, 5) is 29.9. The van der Waals surface area contributed by atoms with Gasteiger partial charge in [0.05, 0.1) is 10.9 Å². The van der Waals surface area contributed by atoms with Crippen LogP contribution in [0.5, 0.6) is 5.75 Å². The number of thioether (sulfide) groups is 1. The van der Waals surface area contributed by atoms with E-state index >= 15 is 0 Å². The van der Waals surface area contributed by atoms with E-state index in [1.54, 1.807) is 12.1 Å². The van der Waals surface area contributed by atoms with E-state index in [2.05, 4.69) is 15.6 Å². The zero-order valence-corrected chi connectivity index (χ0v) is 18.4. The first-order chi connectivity index (χ1) is 14.5. The molecule has 30 heavy (non-hydrogen) atoms. The number of nitrogens with zero attached hydrogens (tertiary/aromatic N) is 1. The first-order valence-electron chi connectivity index (χ1n) is 9.51. The van der Waals surface area contributed by atoms with E-state index < -0.39 is 0 Å². The highest BCUT2D eigenvalue weighted by atomic mass is 32.2. The summed E-state index contributed by atoms with van der Waals surface area (Å²) in [5.74, 6) is 0.316. The monoisotopic (exact) mass is 441 g/mol. The van der Waals surface area contributed by atoms with E-state index in [1.165, 1.54) is 23.1 Å². The van der Waals surface area contributed by atoms with Crippen molar-refractivity contribution >= 4 is 45.7 Å². The molecule has 156 valence electrons. The second kappa shape index (κ2) is 10.8. The second-order valence-electron chi connectivity index (χ2n) is 6.48. The van der Waals surface area contributed by atoms with E-state index in [9.17, 15) is 9.59 Å². The van der Waals surface area contributed by atoms with E-state index in [0.717, 1.165) is 10.6 Å². The Morgan fingerprint density at radius 3 is 2.63 bits per heavy atom. The lowest BCUT2D eigenvalue weighted by molar-refractivity contribution is -0.118. The molecule has 0 aliphatic rings. The van der Waals surface area contributed by atoms with Crippen molar-refractivity contribution in [2.24, 2.45) is 0 Å². The van der Waals surface area contributed by atoms with Crippen LogP contribution in [0.3, 0.4) is 0 Å². The van der Waals surface area contributed by atoms with Crippen LogP contribution >= 0.6 is 23.1 Å². The van der Waals surface area contributed by atoms with Crippen molar-refractivity contribution in [3.8, 4) is 5.75 Å². The highest BCUT2D eigenvalue weighted by Gasteiger charge is 2.19. The number of anilines is 2. The van der Waals surface area contributed by atoms with Crippen LogP contribution in [0.4, 0.5) is 10.8 Å². The van der Waals surface area contributed by atoms with Gasteiger partial charge in [0, 0.05) is 16.0 Å². The first-order valence-corrected chi connectivity index (χ1v) is 11.3. The van der Waals surface area contributed by atoms with Crippen LogP contribution in [0.2, 0.25) is 0 Å². The molecule has 0 bridgehead atoms.